The van der Waals surface area contributed by atoms with Crippen LogP contribution in [-0.2, 0) is 13.0 Å². The summed E-state index contributed by atoms with van der Waals surface area (Å²) in [6, 6.07) is 18.9. The normalized spacial score (nSPS) is 10.6. The van der Waals surface area contributed by atoms with Crippen LogP contribution in [0.2, 0.25) is 0 Å². The molecule has 1 aromatic heterocycles. The van der Waals surface area contributed by atoms with Crippen molar-refractivity contribution in [2.75, 3.05) is 5.32 Å². The minimum absolute atomic E-state index is 0.125. The first-order chi connectivity index (χ1) is 13.6. The number of nitrogens with one attached hydrogen (secondary N) is 1. The number of pyridine rings is 1. The Labute approximate surface area is 165 Å². The van der Waals surface area contributed by atoms with Gasteiger partial charge in [0.05, 0.1) is 12.1 Å². The summed E-state index contributed by atoms with van der Waals surface area (Å²) in [4.78, 5) is 24.9. The number of benzene rings is 2. The predicted molar refractivity (Wildman–Crippen MR) is 114 cm³/mol. The van der Waals surface area contributed by atoms with Gasteiger partial charge in [-0.25, -0.2) is 0 Å². The smallest absolute Gasteiger partial charge is 0.257 e. The van der Waals surface area contributed by atoms with Gasteiger partial charge in [-0.15, -0.1) is 0 Å². The molecule has 0 aliphatic heterocycles. The van der Waals surface area contributed by atoms with E-state index in [9.17, 15) is 9.59 Å². The third kappa shape index (κ3) is 4.97. The zero-order valence-corrected chi connectivity index (χ0v) is 16.4. The number of aryl methyl sites for hydroxylation is 2. The highest BCUT2D eigenvalue weighted by Crippen LogP contribution is 2.14. The van der Waals surface area contributed by atoms with Crippen molar-refractivity contribution in [2.24, 2.45) is 0 Å². The van der Waals surface area contributed by atoms with Crippen LogP contribution in [0.15, 0.2) is 71.7 Å². The molecule has 0 saturated heterocycles. The van der Waals surface area contributed by atoms with E-state index in [1.807, 2.05) is 55.5 Å². The number of anilines is 1. The van der Waals surface area contributed by atoms with Crippen LogP contribution in [0.3, 0.4) is 0 Å². The largest absolute Gasteiger partial charge is 0.322 e. The first-order valence-corrected chi connectivity index (χ1v) is 9.72. The molecule has 28 heavy (non-hydrogen) atoms. The Morgan fingerprint density at radius 3 is 2.46 bits per heavy atom. The highest BCUT2D eigenvalue weighted by Gasteiger charge is 2.09. The topological polar surface area (TPSA) is 51.1 Å². The number of carbonyl (C=O) groups excluding carboxylic acids is 1. The average Bonchev–Trinajstić information content (AvgIpc) is 2.70. The van der Waals surface area contributed by atoms with E-state index in [2.05, 4.69) is 12.2 Å². The van der Waals surface area contributed by atoms with Gasteiger partial charge in [-0.05, 0) is 54.7 Å². The third-order valence-corrected chi connectivity index (χ3v) is 4.88. The molecule has 4 nitrogen and oxygen atoms in total. The molecule has 0 aliphatic carbocycles. The van der Waals surface area contributed by atoms with Gasteiger partial charge in [0.2, 0.25) is 0 Å². The molecule has 0 spiro atoms. The molecule has 0 bridgehead atoms. The van der Waals surface area contributed by atoms with Crippen molar-refractivity contribution in [2.45, 2.75) is 39.7 Å². The lowest BCUT2D eigenvalue weighted by Crippen LogP contribution is -2.22. The molecule has 3 aromatic rings. The molecule has 0 fully saturated rings. The maximum absolute atomic E-state index is 12.6. The van der Waals surface area contributed by atoms with Gasteiger partial charge in [0.25, 0.3) is 11.5 Å². The van der Waals surface area contributed by atoms with Crippen LogP contribution in [0.5, 0.6) is 0 Å². The second-order valence-corrected chi connectivity index (χ2v) is 7.06. The Morgan fingerprint density at radius 1 is 1.00 bits per heavy atom. The summed E-state index contributed by atoms with van der Waals surface area (Å²) in [5, 5.41) is 2.91. The molecule has 1 heterocycles. The van der Waals surface area contributed by atoms with Crippen LogP contribution in [0.4, 0.5) is 5.69 Å². The van der Waals surface area contributed by atoms with E-state index in [1.54, 1.807) is 16.8 Å². The van der Waals surface area contributed by atoms with Crippen LogP contribution in [0.1, 0.15) is 46.8 Å². The van der Waals surface area contributed by atoms with Crippen molar-refractivity contribution in [3.8, 4) is 0 Å². The van der Waals surface area contributed by atoms with Crippen LogP contribution in [0, 0.1) is 6.92 Å². The van der Waals surface area contributed by atoms with Gasteiger partial charge in [-0.1, -0.05) is 49.7 Å². The van der Waals surface area contributed by atoms with E-state index in [1.165, 1.54) is 11.6 Å². The lowest BCUT2D eigenvalue weighted by molar-refractivity contribution is 0.102. The molecule has 144 valence electrons. The molecule has 4 heteroatoms. The van der Waals surface area contributed by atoms with Crippen LogP contribution in [0.25, 0.3) is 0 Å². The van der Waals surface area contributed by atoms with Crippen molar-refractivity contribution in [1.82, 2.24) is 4.57 Å². The van der Waals surface area contributed by atoms with Gasteiger partial charge in [0.1, 0.15) is 0 Å². The molecule has 0 atom stereocenters. The zero-order chi connectivity index (χ0) is 19.9. The number of carbonyl (C=O) groups is 1. The molecular weight excluding hydrogens is 348 g/mol. The van der Waals surface area contributed by atoms with Crippen molar-refractivity contribution in [3.63, 3.8) is 0 Å². The van der Waals surface area contributed by atoms with Gasteiger partial charge in [-0.2, -0.15) is 0 Å². The van der Waals surface area contributed by atoms with Crippen LogP contribution >= 0.6 is 0 Å². The molecule has 2 aromatic carbocycles. The maximum Gasteiger partial charge on any atom is 0.257 e. The maximum atomic E-state index is 12.6. The van der Waals surface area contributed by atoms with Crippen molar-refractivity contribution in [3.05, 3.63) is 99.5 Å². The first-order valence-electron chi connectivity index (χ1n) is 9.72. The number of aromatic nitrogens is 1. The summed E-state index contributed by atoms with van der Waals surface area (Å²) in [5.41, 5.74) is 4.54. The highest BCUT2D eigenvalue weighted by molar-refractivity contribution is 6.04. The molecule has 0 radical (unpaired) electrons. The second kappa shape index (κ2) is 9.18. The first kappa shape index (κ1) is 19.6. The number of nitrogens with zero attached hydrogens (tertiary/aromatic N) is 1. The fraction of sp³-hybridized carbons (Fsp3) is 0.250. The summed E-state index contributed by atoms with van der Waals surface area (Å²) in [6.45, 7) is 4.63. The monoisotopic (exact) mass is 374 g/mol. The van der Waals surface area contributed by atoms with E-state index < -0.39 is 0 Å². The number of hydrogen-bond donors (Lipinski definition) is 1. The quantitative estimate of drug-likeness (QED) is 0.646. The Hall–Kier alpha value is -3.14. The van der Waals surface area contributed by atoms with Crippen LogP contribution in [-0.4, -0.2) is 10.5 Å². The number of rotatable bonds is 7. The van der Waals surface area contributed by atoms with Crippen molar-refractivity contribution in [1.29, 1.82) is 0 Å². The fourth-order valence-corrected chi connectivity index (χ4v) is 3.10. The Balaban J connectivity index is 1.73. The summed E-state index contributed by atoms with van der Waals surface area (Å²) in [7, 11) is 0. The molecule has 1 amide bonds. The Kier molecular flexibility index (Phi) is 6.43. The predicted octanol–water partition coefficient (Wildman–Crippen LogP) is 4.80. The summed E-state index contributed by atoms with van der Waals surface area (Å²) < 4.78 is 1.57. The van der Waals surface area contributed by atoms with E-state index in [0.717, 1.165) is 36.1 Å². The van der Waals surface area contributed by atoms with Crippen LogP contribution < -0.4 is 10.9 Å². The summed E-state index contributed by atoms with van der Waals surface area (Å²) in [5.74, 6) is -0.222. The molecule has 3 rings (SSSR count). The Bertz CT molecular complexity index is 1000. The van der Waals surface area contributed by atoms with Gasteiger partial charge < -0.3 is 9.88 Å². The average molecular weight is 374 g/mol. The lowest BCUT2D eigenvalue weighted by atomic mass is 10.1. The molecule has 0 unspecified atom stereocenters. The minimum atomic E-state index is -0.222. The summed E-state index contributed by atoms with van der Waals surface area (Å²) in [6.07, 6.45) is 5.00. The number of unbranched alkanes of at least 4 members (excludes halogenated alkanes) is 1. The van der Waals surface area contributed by atoms with Gasteiger partial charge in [-0.3, -0.25) is 9.59 Å². The standard InChI is InChI=1S/C24H26N2O2/c1-3-4-8-19-10-13-22(14-11-19)25-24(28)21-12-15-23(27)26(17-21)16-20-9-6-5-7-18(20)2/h5-7,9-15,17H,3-4,8,16H2,1-2H3,(H,25,28). The lowest BCUT2D eigenvalue weighted by Gasteiger charge is -2.11. The van der Waals surface area contributed by atoms with Gasteiger partial charge in [0, 0.05) is 18.0 Å². The van der Waals surface area contributed by atoms with E-state index in [-0.39, 0.29) is 11.5 Å². The SMILES string of the molecule is CCCCc1ccc(NC(=O)c2ccc(=O)n(Cc3ccccc3C)c2)cc1. The number of hydrogen-bond acceptors (Lipinski definition) is 2. The van der Waals surface area contributed by atoms with Crippen molar-refractivity contribution >= 4 is 11.6 Å². The molecule has 0 saturated carbocycles. The van der Waals surface area contributed by atoms with E-state index >= 15 is 0 Å². The van der Waals surface area contributed by atoms with E-state index in [4.69, 9.17) is 0 Å². The van der Waals surface area contributed by atoms with Gasteiger partial charge in [0.15, 0.2) is 0 Å². The summed E-state index contributed by atoms with van der Waals surface area (Å²) >= 11 is 0. The second-order valence-electron chi connectivity index (χ2n) is 7.06. The Morgan fingerprint density at radius 2 is 1.75 bits per heavy atom. The third-order valence-electron chi connectivity index (χ3n) is 4.88. The molecule has 1 N–H and O–H groups in total. The fourth-order valence-electron chi connectivity index (χ4n) is 3.10. The molecular formula is C24H26N2O2. The number of amides is 1. The van der Waals surface area contributed by atoms with Crippen molar-refractivity contribution < 1.29 is 4.79 Å². The van der Waals surface area contributed by atoms with E-state index in [0.29, 0.717) is 12.1 Å². The highest BCUT2D eigenvalue weighted by atomic mass is 16.2. The van der Waals surface area contributed by atoms with Gasteiger partial charge >= 0.3 is 0 Å². The zero-order valence-electron chi connectivity index (χ0n) is 16.4. The molecule has 0 aliphatic rings. The minimum Gasteiger partial charge on any atom is -0.322 e.